The number of nitrogens with one attached hydrogen (secondary N) is 1. The molecule has 1 aromatic carbocycles. The number of aliphatic hydroxyl groups is 1. The molecule has 0 saturated carbocycles. The first-order valence-corrected chi connectivity index (χ1v) is 7.34. The number of likely N-dealkylation sites (tertiary alicyclic amines) is 1. The number of hydrogen-bond acceptors (Lipinski definition) is 3. The van der Waals surface area contributed by atoms with Gasteiger partial charge in [-0.25, -0.2) is 0 Å². The monoisotopic (exact) mass is 276 g/mol. The standard InChI is InChI=1S/C16H24N2O2/c1-4-17-13-5-6-14(12(3)9-13)16(20)18-8-7-11(2)15(19)10-18/h5-6,9,11,15,17,19H,4,7-8,10H2,1-3H3. The van der Waals surface area contributed by atoms with Gasteiger partial charge in [0.05, 0.1) is 6.10 Å². The predicted molar refractivity (Wildman–Crippen MR) is 81.0 cm³/mol. The Morgan fingerprint density at radius 1 is 1.50 bits per heavy atom. The van der Waals surface area contributed by atoms with Crippen molar-refractivity contribution in [3.8, 4) is 0 Å². The summed E-state index contributed by atoms with van der Waals surface area (Å²) < 4.78 is 0. The summed E-state index contributed by atoms with van der Waals surface area (Å²) in [6.45, 7) is 8.06. The van der Waals surface area contributed by atoms with Crippen molar-refractivity contribution in [1.82, 2.24) is 4.90 Å². The summed E-state index contributed by atoms with van der Waals surface area (Å²) in [6.07, 6.45) is 0.454. The first-order valence-electron chi connectivity index (χ1n) is 7.34. The Balaban J connectivity index is 2.13. The van der Waals surface area contributed by atoms with Crippen molar-refractivity contribution in [2.24, 2.45) is 5.92 Å². The van der Waals surface area contributed by atoms with E-state index in [1.54, 1.807) is 4.90 Å². The highest BCUT2D eigenvalue weighted by atomic mass is 16.3. The van der Waals surface area contributed by atoms with Crippen LogP contribution in [0, 0.1) is 12.8 Å². The van der Waals surface area contributed by atoms with Crippen LogP contribution in [-0.4, -0.2) is 41.7 Å². The number of piperidine rings is 1. The molecular formula is C16H24N2O2. The van der Waals surface area contributed by atoms with E-state index in [1.165, 1.54) is 0 Å². The summed E-state index contributed by atoms with van der Waals surface area (Å²) in [6, 6.07) is 5.81. The lowest BCUT2D eigenvalue weighted by atomic mass is 9.95. The minimum atomic E-state index is -0.408. The number of carbonyl (C=O) groups is 1. The van der Waals surface area contributed by atoms with Crippen molar-refractivity contribution in [2.45, 2.75) is 33.3 Å². The lowest BCUT2D eigenvalue weighted by Gasteiger charge is -2.34. The van der Waals surface area contributed by atoms with Crippen LogP contribution in [0.5, 0.6) is 0 Å². The van der Waals surface area contributed by atoms with Crippen LogP contribution in [0.2, 0.25) is 0 Å². The van der Waals surface area contributed by atoms with Gasteiger partial charge in [-0.05, 0) is 49.9 Å². The fraction of sp³-hybridized carbons (Fsp3) is 0.562. The second kappa shape index (κ2) is 6.27. The zero-order valence-corrected chi connectivity index (χ0v) is 12.5. The number of hydrogen-bond donors (Lipinski definition) is 2. The number of amides is 1. The molecular weight excluding hydrogens is 252 g/mol. The molecule has 2 rings (SSSR count). The van der Waals surface area contributed by atoms with E-state index < -0.39 is 6.10 Å². The van der Waals surface area contributed by atoms with Gasteiger partial charge >= 0.3 is 0 Å². The molecule has 2 atom stereocenters. The summed E-state index contributed by atoms with van der Waals surface area (Å²) >= 11 is 0. The van der Waals surface area contributed by atoms with Gasteiger partial charge in [-0.15, -0.1) is 0 Å². The van der Waals surface area contributed by atoms with E-state index in [0.29, 0.717) is 6.54 Å². The molecule has 2 unspecified atom stereocenters. The van der Waals surface area contributed by atoms with Gasteiger partial charge in [0.2, 0.25) is 0 Å². The van der Waals surface area contributed by atoms with Crippen molar-refractivity contribution >= 4 is 11.6 Å². The molecule has 4 nitrogen and oxygen atoms in total. The van der Waals surface area contributed by atoms with E-state index in [-0.39, 0.29) is 11.8 Å². The Labute approximate surface area is 120 Å². The molecule has 1 saturated heterocycles. The van der Waals surface area contributed by atoms with E-state index in [9.17, 15) is 9.90 Å². The van der Waals surface area contributed by atoms with Crippen molar-refractivity contribution in [2.75, 3.05) is 25.0 Å². The zero-order chi connectivity index (χ0) is 14.7. The zero-order valence-electron chi connectivity index (χ0n) is 12.5. The van der Waals surface area contributed by atoms with Crippen molar-refractivity contribution in [3.63, 3.8) is 0 Å². The third kappa shape index (κ3) is 3.12. The van der Waals surface area contributed by atoms with Gasteiger partial charge in [0.15, 0.2) is 0 Å². The van der Waals surface area contributed by atoms with Crippen LogP contribution in [0.4, 0.5) is 5.69 Å². The van der Waals surface area contributed by atoms with Gasteiger partial charge in [-0.3, -0.25) is 4.79 Å². The Bertz CT molecular complexity index is 487. The molecule has 1 aromatic rings. The molecule has 1 aliphatic heterocycles. The highest BCUT2D eigenvalue weighted by molar-refractivity contribution is 5.96. The Hall–Kier alpha value is -1.55. The van der Waals surface area contributed by atoms with Gasteiger partial charge in [0.25, 0.3) is 5.91 Å². The van der Waals surface area contributed by atoms with E-state index in [1.807, 2.05) is 39.0 Å². The molecule has 0 spiro atoms. The third-order valence-electron chi connectivity index (χ3n) is 4.04. The summed E-state index contributed by atoms with van der Waals surface area (Å²) in [7, 11) is 0. The molecule has 0 aliphatic carbocycles. The number of aryl methyl sites for hydroxylation is 1. The number of aliphatic hydroxyl groups excluding tert-OH is 1. The van der Waals surface area contributed by atoms with Gasteiger partial charge in [-0.2, -0.15) is 0 Å². The largest absolute Gasteiger partial charge is 0.391 e. The van der Waals surface area contributed by atoms with Crippen LogP contribution in [0.25, 0.3) is 0 Å². The number of nitrogens with zero attached hydrogens (tertiary/aromatic N) is 1. The number of carbonyl (C=O) groups excluding carboxylic acids is 1. The average molecular weight is 276 g/mol. The molecule has 20 heavy (non-hydrogen) atoms. The van der Waals surface area contributed by atoms with E-state index in [2.05, 4.69) is 5.32 Å². The molecule has 0 radical (unpaired) electrons. The van der Waals surface area contributed by atoms with Gasteiger partial charge in [0.1, 0.15) is 0 Å². The van der Waals surface area contributed by atoms with Crippen molar-refractivity contribution in [3.05, 3.63) is 29.3 Å². The van der Waals surface area contributed by atoms with Crippen LogP contribution in [0.15, 0.2) is 18.2 Å². The molecule has 0 aromatic heterocycles. The van der Waals surface area contributed by atoms with Crippen LogP contribution in [0.3, 0.4) is 0 Å². The Morgan fingerprint density at radius 3 is 2.85 bits per heavy atom. The summed E-state index contributed by atoms with van der Waals surface area (Å²) in [5.74, 6) is 0.299. The second-order valence-corrected chi connectivity index (χ2v) is 5.64. The molecule has 2 N–H and O–H groups in total. The van der Waals surface area contributed by atoms with Crippen molar-refractivity contribution < 1.29 is 9.90 Å². The second-order valence-electron chi connectivity index (χ2n) is 5.64. The van der Waals surface area contributed by atoms with Gasteiger partial charge in [0, 0.05) is 30.9 Å². The summed E-state index contributed by atoms with van der Waals surface area (Å²) in [5.41, 5.74) is 2.74. The normalized spacial score (nSPS) is 22.7. The fourth-order valence-corrected chi connectivity index (χ4v) is 2.62. The van der Waals surface area contributed by atoms with Crippen LogP contribution < -0.4 is 5.32 Å². The predicted octanol–water partition coefficient (Wildman–Crippen LogP) is 2.27. The maximum Gasteiger partial charge on any atom is 0.254 e. The first-order chi connectivity index (χ1) is 9.52. The SMILES string of the molecule is CCNc1ccc(C(=O)N2CCC(C)C(O)C2)c(C)c1. The summed E-state index contributed by atoms with van der Waals surface area (Å²) in [4.78, 5) is 14.3. The molecule has 1 fully saturated rings. The van der Waals surface area contributed by atoms with Crippen LogP contribution >= 0.6 is 0 Å². The minimum Gasteiger partial charge on any atom is -0.391 e. The lowest BCUT2D eigenvalue weighted by molar-refractivity contribution is 0.0248. The number of rotatable bonds is 3. The number of β-amino-alcohol motifs (C(OH)–C–C–N with tert-alkyl or cyclic N) is 1. The third-order valence-corrected chi connectivity index (χ3v) is 4.04. The topological polar surface area (TPSA) is 52.6 Å². The molecule has 1 aliphatic rings. The van der Waals surface area contributed by atoms with E-state index in [0.717, 1.165) is 36.3 Å². The average Bonchev–Trinajstić information content (AvgIpc) is 2.42. The number of anilines is 1. The lowest BCUT2D eigenvalue weighted by Crippen LogP contribution is -2.46. The number of benzene rings is 1. The summed E-state index contributed by atoms with van der Waals surface area (Å²) in [5, 5.41) is 13.2. The molecule has 4 heteroatoms. The first kappa shape index (κ1) is 14.9. The van der Waals surface area contributed by atoms with E-state index >= 15 is 0 Å². The van der Waals surface area contributed by atoms with E-state index in [4.69, 9.17) is 0 Å². The highest BCUT2D eigenvalue weighted by Crippen LogP contribution is 2.21. The maximum absolute atomic E-state index is 12.5. The minimum absolute atomic E-state index is 0.0245. The Morgan fingerprint density at radius 2 is 2.25 bits per heavy atom. The Kier molecular flexibility index (Phi) is 4.65. The van der Waals surface area contributed by atoms with Crippen molar-refractivity contribution in [1.29, 1.82) is 0 Å². The van der Waals surface area contributed by atoms with Gasteiger partial charge in [-0.1, -0.05) is 6.92 Å². The molecule has 0 bridgehead atoms. The molecule has 1 amide bonds. The van der Waals surface area contributed by atoms with Crippen LogP contribution in [0.1, 0.15) is 36.2 Å². The maximum atomic E-state index is 12.5. The fourth-order valence-electron chi connectivity index (χ4n) is 2.62. The smallest absolute Gasteiger partial charge is 0.254 e. The molecule has 1 heterocycles. The molecule has 110 valence electrons. The van der Waals surface area contributed by atoms with Gasteiger partial charge < -0.3 is 15.3 Å². The van der Waals surface area contributed by atoms with Crippen LogP contribution in [-0.2, 0) is 0 Å². The highest BCUT2D eigenvalue weighted by Gasteiger charge is 2.28. The quantitative estimate of drug-likeness (QED) is 0.890.